The molecule has 1 aliphatic heterocycles. The summed E-state index contributed by atoms with van der Waals surface area (Å²) in [4.78, 5) is -0.438. The van der Waals surface area contributed by atoms with Gasteiger partial charge in [0.25, 0.3) is 0 Å². The van der Waals surface area contributed by atoms with Gasteiger partial charge in [0.05, 0.1) is 4.90 Å². The Morgan fingerprint density at radius 3 is 2.59 bits per heavy atom. The molecule has 0 radical (unpaired) electrons. The summed E-state index contributed by atoms with van der Waals surface area (Å²) in [6, 6.07) is 8.73. The third kappa shape index (κ3) is 1.04. The highest BCUT2D eigenvalue weighted by Crippen LogP contribution is 2.67. The van der Waals surface area contributed by atoms with Crippen molar-refractivity contribution in [2.75, 3.05) is 0 Å². The van der Waals surface area contributed by atoms with Crippen LogP contribution in [-0.2, 0) is 14.6 Å². The summed E-state index contributed by atoms with van der Waals surface area (Å²) < 4.78 is 31.0. The summed E-state index contributed by atoms with van der Waals surface area (Å²) in [6.45, 7) is 0. The van der Waals surface area contributed by atoms with E-state index in [1.54, 1.807) is 24.3 Å². The lowest BCUT2D eigenvalue weighted by Crippen LogP contribution is -2.33. The average molecular weight is 250 g/mol. The number of fused-ring (bicyclic) bond motifs is 5. The van der Waals surface area contributed by atoms with Crippen molar-refractivity contribution in [3.8, 4) is 0 Å². The van der Waals surface area contributed by atoms with Gasteiger partial charge in [-0.25, -0.2) is 8.42 Å². The lowest BCUT2D eigenvalue weighted by molar-refractivity contribution is 0.242. The van der Waals surface area contributed by atoms with Crippen molar-refractivity contribution in [1.29, 1.82) is 0 Å². The van der Waals surface area contributed by atoms with Gasteiger partial charge in [-0.1, -0.05) is 18.2 Å². The summed E-state index contributed by atoms with van der Waals surface area (Å²) >= 11 is 0. The van der Waals surface area contributed by atoms with Gasteiger partial charge in [-0.3, -0.25) is 0 Å². The topological polar surface area (TPSA) is 46.7 Å². The Labute approximate surface area is 101 Å². The van der Waals surface area contributed by atoms with Gasteiger partial charge < -0.3 is 4.74 Å². The van der Waals surface area contributed by atoms with Gasteiger partial charge in [-0.05, 0) is 37.3 Å². The molecule has 0 unspecified atom stereocenters. The van der Waals surface area contributed by atoms with Crippen LogP contribution < -0.4 is 0 Å². The van der Waals surface area contributed by atoms with Gasteiger partial charge in [0.2, 0.25) is 14.8 Å². The molecule has 2 aliphatic carbocycles. The first-order chi connectivity index (χ1) is 8.16. The van der Waals surface area contributed by atoms with Crippen LogP contribution in [0.1, 0.15) is 19.3 Å². The van der Waals surface area contributed by atoms with Crippen molar-refractivity contribution in [2.24, 2.45) is 11.8 Å². The first-order valence-corrected chi connectivity index (χ1v) is 7.62. The number of rotatable bonds is 2. The Kier molecular flexibility index (Phi) is 1.74. The SMILES string of the molecule is O=S(=O)(c1ccccc1)[C@]12O[C@H]1[C@@H]1CC[C@H]2C1. The molecule has 0 spiro atoms. The molecular formula is C13H14O3S. The van der Waals surface area contributed by atoms with Crippen LogP contribution in [-0.4, -0.2) is 19.5 Å². The summed E-state index contributed by atoms with van der Waals surface area (Å²) in [5.74, 6) is 0.709. The number of hydrogen-bond donors (Lipinski definition) is 0. The predicted molar refractivity (Wildman–Crippen MR) is 62.1 cm³/mol. The van der Waals surface area contributed by atoms with Crippen LogP contribution in [0.15, 0.2) is 35.2 Å². The standard InChI is InChI=1S/C13H14O3S/c14-17(15,11-4-2-1-3-5-11)13-10-7-6-9(8-10)12(13)16-13/h1-5,9-10,12H,6-8H2/t9-,10+,12+,13+/m1/s1. The van der Waals surface area contributed by atoms with E-state index in [2.05, 4.69) is 0 Å². The van der Waals surface area contributed by atoms with Crippen molar-refractivity contribution in [1.82, 2.24) is 0 Å². The largest absolute Gasteiger partial charge is 0.348 e. The van der Waals surface area contributed by atoms with Gasteiger partial charge in [-0.15, -0.1) is 0 Å². The Bertz CT molecular complexity index is 566. The monoisotopic (exact) mass is 250 g/mol. The molecule has 4 rings (SSSR count). The highest BCUT2D eigenvalue weighted by Gasteiger charge is 2.78. The maximum atomic E-state index is 12.7. The van der Waals surface area contributed by atoms with Gasteiger partial charge in [0, 0.05) is 5.92 Å². The molecule has 3 nitrogen and oxygen atoms in total. The molecule has 0 N–H and O–H groups in total. The van der Waals surface area contributed by atoms with Crippen molar-refractivity contribution < 1.29 is 13.2 Å². The van der Waals surface area contributed by atoms with Crippen molar-refractivity contribution in [2.45, 2.75) is 35.2 Å². The minimum Gasteiger partial charge on any atom is -0.348 e. The number of hydrogen-bond acceptors (Lipinski definition) is 3. The van der Waals surface area contributed by atoms with E-state index in [0.29, 0.717) is 10.8 Å². The van der Waals surface area contributed by atoms with Gasteiger partial charge >= 0.3 is 0 Å². The molecule has 1 aromatic carbocycles. The normalized spacial score (nSPS) is 42.5. The summed E-state index contributed by atoms with van der Waals surface area (Å²) in [6.07, 6.45) is 3.16. The molecule has 0 amide bonds. The Morgan fingerprint density at radius 1 is 1.18 bits per heavy atom. The second kappa shape index (κ2) is 2.93. The minimum atomic E-state index is -3.32. The van der Waals surface area contributed by atoms with E-state index < -0.39 is 14.8 Å². The van der Waals surface area contributed by atoms with E-state index in [1.165, 1.54) is 0 Å². The van der Waals surface area contributed by atoms with Gasteiger partial charge in [0.1, 0.15) is 6.10 Å². The zero-order valence-electron chi connectivity index (χ0n) is 9.37. The fourth-order valence-corrected chi connectivity index (χ4v) is 6.06. The molecule has 1 saturated heterocycles. The van der Waals surface area contributed by atoms with Crippen LogP contribution in [0.4, 0.5) is 0 Å². The predicted octanol–water partition coefficient (Wildman–Crippen LogP) is 1.99. The van der Waals surface area contributed by atoms with E-state index in [9.17, 15) is 8.42 Å². The minimum absolute atomic E-state index is 0.0218. The summed E-state index contributed by atoms with van der Waals surface area (Å²) in [5.41, 5.74) is 0. The van der Waals surface area contributed by atoms with E-state index in [4.69, 9.17) is 4.74 Å². The van der Waals surface area contributed by atoms with Crippen LogP contribution in [0.25, 0.3) is 0 Å². The molecule has 2 saturated carbocycles. The molecule has 90 valence electrons. The van der Waals surface area contributed by atoms with Crippen molar-refractivity contribution in [3.63, 3.8) is 0 Å². The number of ether oxygens (including phenoxy) is 1. The second-order valence-electron chi connectivity index (χ2n) is 5.35. The number of benzene rings is 1. The number of sulfone groups is 1. The third-order valence-corrected chi connectivity index (χ3v) is 6.99. The van der Waals surface area contributed by atoms with E-state index in [-0.39, 0.29) is 12.0 Å². The fourth-order valence-electron chi connectivity index (χ4n) is 3.79. The molecule has 2 bridgehead atoms. The molecular weight excluding hydrogens is 236 g/mol. The van der Waals surface area contributed by atoms with Crippen molar-refractivity contribution in [3.05, 3.63) is 30.3 Å². The average Bonchev–Trinajstić information content (AvgIpc) is 2.88. The van der Waals surface area contributed by atoms with Crippen LogP contribution in [0.5, 0.6) is 0 Å². The van der Waals surface area contributed by atoms with E-state index in [0.717, 1.165) is 19.3 Å². The van der Waals surface area contributed by atoms with Crippen LogP contribution in [0.3, 0.4) is 0 Å². The van der Waals surface area contributed by atoms with Gasteiger partial charge in [-0.2, -0.15) is 0 Å². The lowest BCUT2D eigenvalue weighted by Gasteiger charge is -2.19. The van der Waals surface area contributed by atoms with Crippen LogP contribution >= 0.6 is 0 Å². The quantitative estimate of drug-likeness (QED) is 0.754. The molecule has 3 fully saturated rings. The molecule has 3 aliphatic rings. The zero-order chi connectivity index (χ0) is 11.7. The summed E-state index contributed by atoms with van der Waals surface area (Å²) in [7, 11) is -3.32. The fraction of sp³-hybridized carbons (Fsp3) is 0.538. The zero-order valence-corrected chi connectivity index (χ0v) is 10.2. The molecule has 1 aromatic rings. The molecule has 17 heavy (non-hydrogen) atoms. The second-order valence-corrected chi connectivity index (χ2v) is 7.46. The first kappa shape index (κ1) is 10.1. The maximum Gasteiger partial charge on any atom is 0.210 e. The highest BCUT2D eigenvalue weighted by atomic mass is 32.2. The van der Waals surface area contributed by atoms with E-state index in [1.807, 2.05) is 6.07 Å². The lowest BCUT2D eigenvalue weighted by atomic mass is 10.0. The first-order valence-electron chi connectivity index (χ1n) is 6.14. The number of epoxide rings is 1. The van der Waals surface area contributed by atoms with Crippen molar-refractivity contribution >= 4 is 9.84 Å². The van der Waals surface area contributed by atoms with Crippen LogP contribution in [0.2, 0.25) is 0 Å². The molecule has 1 heterocycles. The molecule has 4 heteroatoms. The maximum absolute atomic E-state index is 12.7. The Hall–Kier alpha value is -0.870. The smallest absolute Gasteiger partial charge is 0.210 e. The Morgan fingerprint density at radius 2 is 1.94 bits per heavy atom. The summed E-state index contributed by atoms with van der Waals surface area (Å²) in [5, 5.41) is 0. The third-order valence-electron chi connectivity index (χ3n) is 4.59. The van der Waals surface area contributed by atoms with E-state index >= 15 is 0 Å². The highest BCUT2D eigenvalue weighted by molar-refractivity contribution is 7.93. The molecule has 0 aromatic heterocycles. The van der Waals surface area contributed by atoms with Crippen LogP contribution in [0, 0.1) is 11.8 Å². The molecule has 4 atom stereocenters. The van der Waals surface area contributed by atoms with Gasteiger partial charge in [0.15, 0.2) is 0 Å². The Balaban J connectivity index is 1.82.